The molecule has 19 heavy (non-hydrogen) atoms. The number of primary sulfonamides is 1. The second kappa shape index (κ2) is 5.72. The zero-order valence-electron chi connectivity index (χ0n) is 11.8. The van der Waals surface area contributed by atoms with E-state index in [1.165, 1.54) is 0 Å². The summed E-state index contributed by atoms with van der Waals surface area (Å²) in [5, 5.41) is 14.5. The molecule has 0 heterocycles. The Morgan fingerprint density at radius 3 is 2.21 bits per heavy atom. The number of nitrogens with zero attached hydrogens (tertiary/aromatic N) is 1. The number of hydrogen-bond acceptors (Lipinski definition) is 3. The lowest BCUT2D eigenvalue weighted by molar-refractivity contribution is 0.593. The molecule has 0 aromatic heterocycles. The van der Waals surface area contributed by atoms with E-state index in [9.17, 15) is 13.7 Å². The third-order valence-corrected chi connectivity index (χ3v) is 4.34. The van der Waals surface area contributed by atoms with Gasteiger partial charge in [0.05, 0.1) is 16.5 Å². The van der Waals surface area contributed by atoms with E-state index in [-0.39, 0.29) is 16.7 Å². The number of rotatable bonds is 4. The Morgan fingerprint density at radius 2 is 1.84 bits per heavy atom. The third kappa shape index (κ3) is 3.34. The van der Waals surface area contributed by atoms with E-state index < -0.39 is 10.0 Å². The van der Waals surface area contributed by atoms with Crippen molar-refractivity contribution in [1.82, 2.24) is 0 Å². The third-order valence-electron chi connectivity index (χ3n) is 3.37. The average molecular weight is 280 g/mol. The maximum Gasteiger partial charge on any atom is 0.238 e. The molecule has 5 heteroatoms. The highest BCUT2D eigenvalue weighted by molar-refractivity contribution is 7.89. The highest BCUT2D eigenvalue weighted by Gasteiger charge is 2.21. The van der Waals surface area contributed by atoms with Crippen molar-refractivity contribution >= 4 is 10.0 Å². The fraction of sp³-hybridized carbons (Fsp3) is 0.500. The highest BCUT2D eigenvalue weighted by Crippen LogP contribution is 2.31. The van der Waals surface area contributed by atoms with Gasteiger partial charge in [-0.25, -0.2) is 13.6 Å². The molecule has 0 saturated carbocycles. The van der Waals surface area contributed by atoms with Gasteiger partial charge in [0.25, 0.3) is 0 Å². The summed E-state index contributed by atoms with van der Waals surface area (Å²) in [4.78, 5) is 0.143. The van der Waals surface area contributed by atoms with Crippen molar-refractivity contribution in [2.75, 3.05) is 0 Å². The van der Waals surface area contributed by atoms with Crippen molar-refractivity contribution in [2.24, 2.45) is 5.14 Å². The molecular weight excluding hydrogens is 260 g/mol. The van der Waals surface area contributed by atoms with E-state index in [1.54, 1.807) is 12.1 Å². The molecule has 0 spiro atoms. The summed E-state index contributed by atoms with van der Waals surface area (Å²) in [5.74, 6) is 0.114. The van der Waals surface area contributed by atoms with Crippen molar-refractivity contribution in [3.63, 3.8) is 0 Å². The van der Waals surface area contributed by atoms with Gasteiger partial charge in [0, 0.05) is 0 Å². The largest absolute Gasteiger partial charge is 0.238 e. The normalized spacial score (nSPS) is 13.3. The molecule has 1 aromatic carbocycles. The summed E-state index contributed by atoms with van der Waals surface area (Å²) in [6.07, 6.45) is 0.786. The van der Waals surface area contributed by atoms with Gasteiger partial charge in [0.2, 0.25) is 10.0 Å². The molecule has 2 N–H and O–H groups in total. The molecule has 104 valence electrons. The Morgan fingerprint density at radius 1 is 1.26 bits per heavy atom. The van der Waals surface area contributed by atoms with Crippen LogP contribution < -0.4 is 5.14 Å². The fourth-order valence-electron chi connectivity index (χ4n) is 2.04. The summed E-state index contributed by atoms with van der Waals surface area (Å²) < 4.78 is 23.5. The minimum atomic E-state index is -3.78. The van der Waals surface area contributed by atoms with E-state index in [4.69, 9.17) is 5.14 Å². The lowest BCUT2D eigenvalue weighted by Crippen LogP contribution is -2.17. The van der Waals surface area contributed by atoms with Gasteiger partial charge in [0.15, 0.2) is 0 Å². The molecule has 1 atom stereocenters. The number of nitriles is 1. The zero-order valence-corrected chi connectivity index (χ0v) is 12.6. The second-order valence-corrected chi connectivity index (χ2v) is 6.63. The van der Waals surface area contributed by atoms with Crippen LogP contribution in [-0.2, 0) is 10.0 Å². The topological polar surface area (TPSA) is 83.9 Å². The van der Waals surface area contributed by atoms with Gasteiger partial charge in [-0.15, -0.1) is 0 Å². The van der Waals surface area contributed by atoms with Crippen LogP contribution in [0.5, 0.6) is 0 Å². The summed E-state index contributed by atoms with van der Waals surface area (Å²) >= 11 is 0. The zero-order chi connectivity index (χ0) is 14.8. The van der Waals surface area contributed by atoms with Crippen molar-refractivity contribution in [2.45, 2.75) is 50.8 Å². The van der Waals surface area contributed by atoms with Gasteiger partial charge in [-0.1, -0.05) is 27.7 Å². The van der Waals surface area contributed by atoms with Crippen molar-refractivity contribution in [3.05, 3.63) is 28.8 Å². The van der Waals surface area contributed by atoms with Crippen LogP contribution in [0.25, 0.3) is 0 Å². The van der Waals surface area contributed by atoms with Gasteiger partial charge in [-0.3, -0.25) is 0 Å². The van der Waals surface area contributed by atoms with Gasteiger partial charge in [-0.05, 0) is 41.5 Å². The first-order chi connectivity index (χ1) is 8.72. The lowest BCUT2D eigenvalue weighted by Gasteiger charge is -2.18. The first-order valence-electron chi connectivity index (χ1n) is 6.33. The van der Waals surface area contributed by atoms with Gasteiger partial charge >= 0.3 is 0 Å². The minimum absolute atomic E-state index is 0.0432. The van der Waals surface area contributed by atoms with E-state index >= 15 is 0 Å². The molecule has 0 fully saturated rings. The summed E-state index contributed by atoms with van der Waals surface area (Å²) in [7, 11) is -3.78. The molecule has 0 saturated heterocycles. The Kier molecular flexibility index (Phi) is 4.72. The Hall–Kier alpha value is -1.38. The Labute approximate surface area is 115 Å². The average Bonchev–Trinajstić information content (AvgIpc) is 2.34. The summed E-state index contributed by atoms with van der Waals surface area (Å²) in [6.45, 7) is 7.75. The molecule has 0 amide bonds. The van der Waals surface area contributed by atoms with Crippen LogP contribution in [0, 0.1) is 11.3 Å². The quantitative estimate of drug-likeness (QED) is 0.920. The van der Waals surface area contributed by atoms with Gasteiger partial charge < -0.3 is 0 Å². The number of hydrogen-bond donors (Lipinski definition) is 1. The Balaban J connectivity index is 3.69. The molecule has 0 bridgehead atoms. The van der Waals surface area contributed by atoms with Crippen molar-refractivity contribution in [1.29, 1.82) is 5.26 Å². The molecule has 4 nitrogen and oxygen atoms in total. The van der Waals surface area contributed by atoms with Gasteiger partial charge in [-0.2, -0.15) is 5.26 Å². The number of benzene rings is 1. The van der Waals surface area contributed by atoms with Crippen LogP contribution >= 0.6 is 0 Å². The smallest absolute Gasteiger partial charge is 0.225 e. The number of nitrogens with two attached hydrogens (primary N) is 1. The van der Waals surface area contributed by atoms with Crippen LogP contribution in [0.15, 0.2) is 17.0 Å². The van der Waals surface area contributed by atoms with Crippen LogP contribution in [-0.4, -0.2) is 8.42 Å². The lowest BCUT2D eigenvalue weighted by atomic mass is 9.91. The van der Waals surface area contributed by atoms with E-state index in [0.29, 0.717) is 11.1 Å². The molecular formula is C14H20N2O2S. The molecule has 0 radical (unpaired) electrons. The van der Waals surface area contributed by atoms with Crippen LogP contribution in [0.1, 0.15) is 62.6 Å². The van der Waals surface area contributed by atoms with Crippen LogP contribution in [0.3, 0.4) is 0 Å². The molecule has 1 rings (SSSR count). The first-order valence-corrected chi connectivity index (χ1v) is 7.87. The maximum absolute atomic E-state index is 11.7. The standard InChI is InChI=1S/C14H20N2O2S/c1-5-10(4)13-6-11(8-15)12(9(2)3)7-14(13)19(16,17)18/h6-7,9-10H,5H2,1-4H3,(H2,16,17,18). The number of sulfonamides is 1. The van der Waals surface area contributed by atoms with Crippen LogP contribution in [0.4, 0.5) is 0 Å². The fourth-order valence-corrected chi connectivity index (χ4v) is 2.92. The molecule has 0 aliphatic carbocycles. The first kappa shape index (κ1) is 15.7. The summed E-state index contributed by atoms with van der Waals surface area (Å²) in [6, 6.07) is 5.36. The van der Waals surface area contributed by atoms with Gasteiger partial charge in [0.1, 0.15) is 0 Å². The van der Waals surface area contributed by atoms with E-state index in [2.05, 4.69) is 6.07 Å². The molecule has 1 unspecified atom stereocenters. The van der Waals surface area contributed by atoms with E-state index in [0.717, 1.165) is 12.0 Å². The maximum atomic E-state index is 11.7. The SMILES string of the molecule is CCC(C)c1cc(C#N)c(C(C)C)cc1S(N)(=O)=O. The van der Waals surface area contributed by atoms with E-state index in [1.807, 2.05) is 27.7 Å². The van der Waals surface area contributed by atoms with Crippen molar-refractivity contribution in [3.8, 4) is 6.07 Å². The minimum Gasteiger partial charge on any atom is -0.225 e. The molecule has 0 aliphatic heterocycles. The second-order valence-electron chi connectivity index (χ2n) is 5.10. The highest BCUT2D eigenvalue weighted by atomic mass is 32.2. The van der Waals surface area contributed by atoms with Crippen molar-refractivity contribution < 1.29 is 8.42 Å². The molecule has 1 aromatic rings. The Bertz CT molecular complexity index is 613. The molecule has 0 aliphatic rings. The predicted molar refractivity (Wildman–Crippen MR) is 75.3 cm³/mol. The van der Waals surface area contributed by atoms with Crippen LogP contribution in [0.2, 0.25) is 0 Å². The monoisotopic (exact) mass is 280 g/mol. The predicted octanol–water partition coefficient (Wildman–Crippen LogP) is 2.84. The summed E-state index contributed by atoms with van der Waals surface area (Å²) in [5.41, 5.74) is 1.88.